The van der Waals surface area contributed by atoms with E-state index in [1.807, 2.05) is 66.9 Å². The van der Waals surface area contributed by atoms with Crippen molar-refractivity contribution in [2.75, 3.05) is 12.3 Å². The lowest BCUT2D eigenvalue weighted by atomic mass is 10.1. The van der Waals surface area contributed by atoms with Crippen molar-refractivity contribution < 1.29 is 4.79 Å². The van der Waals surface area contributed by atoms with Gasteiger partial charge in [-0.1, -0.05) is 74.1 Å². The third kappa shape index (κ3) is 4.64. The van der Waals surface area contributed by atoms with Crippen LogP contribution in [0.15, 0.2) is 69.9 Å². The van der Waals surface area contributed by atoms with Crippen LogP contribution in [0.25, 0.3) is 27.0 Å². The smallest absolute Gasteiger partial charge is 0.268 e. The van der Waals surface area contributed by atoms with E-state index < -0.39 is 0 Å². The van der Waals surface area contributed by atoms with E-state index in [1.165, 1.54) is 23.1 Å². The van der Waals surface area contributed by atoms with Crippen LogP contribution in [0.1, 0.15) is 19.4 Å². The number of para-hydroxylation sites is 1. The molecule has 2 heterocycles. The van der Waals surface area contributed by atoms with Gasteiger partial charge in [-0.2, -0.15) is 0 Å². The van der Waals surface area contributed by atoms with Gasteiger partial charge in [0.2, 0.25) is 5.91 Å². The highest BCUT2D eigenvalue weighted by atomic mass is 32.2. The quantitative estimate of drug-likeness (QED) is 0.299. The van der Waals surface area contributed by atoms with E-state index in [0.29, 0.717) is 27.8 Å². The average molecular weight is 464 g/mol. The van der Waals surface area contributed by atoms with E-state index in [-0.39, 0.29) is 17.2 Å². The second-order valence-electron chi connectivity index (χ2n) is 8.00. The molecule has 0 atom stereocenters. The number of fused-ring (bicyclic) bond motifs is 1. The number of aryl methyl sites for hydroxylation is 1. The van der Waals surface area contributed by atoms with Gasteiger partial charge in [0.15, 0.2) is 5.16 Å². The number of thioether (sulfide) groups is 1. The molecule has 0 spiro atoms. The number of nitrogens with one attached hydrogen (secondary N) is 1. The van der Waals surface area contributed by atoms with Crippen molar-refractivity contribution in [2.24, 2.45) is 5.92 Å². The molecule has 0 aliphatic carbocycles. The molecule has 32 heavy (non-hydrogen) atoms. The SMILES string of the molecule is Cc1ccccc1-n1c(SCC(=O)NCC(C)C)nc2scc(-c3ccccc3)c2c1=O. The standard InChI is InChI=1S/C25H25N3O2S2/c1-16(2)13-26-21(29)15-32-25-27-23-22(19(14-31-23)18-10-5-4-6-11-18)24(30)28(25)20-12-8-7-9-17(20)3/h4-12,14,16H,13,15H2,1-3H3,(H,26,29). The average Bonchev–Trinajstić information content (AvgIpc) is 3.22. The number of rotatable bonds is 7. The van der Waals surface area contributed by atoms with Crippen LogP contribution < -0.4 is 10.9 Å². The number of hydrogen-bond acceptors (Lipinski definition) is 5. The fraction of sp³-hybridized carbons (Fsp3) is 0.240. The molecule has 0 saturated heterocycles. The molecule has 1 N–H and O–H groups in total. The molecule has 0 fully saturated rings. The zero-order valence-corrected chi connectivity index (χ0v) is 19.9. The summed E-state index contributed by atoms with van der Waals surface area (Å²) in [6, 6.07) is 17.6. The van der Waals surface area contributed by atoms with Crippen molar-refractivity contribution >= 4 is 39.2 Å². The van der Waals surface area contributed by atoms with Crippen LogP contribution >= 0.6 is 23.1 Å². The van der Waals surface area contributed by atoms with Crippen LogP contribution in [-0.2, 0) is 4.79 Å². The lowest BCUT2D eigenvalue weighted by Gasteiger charge is -2.15. The maximum atomic E-state index is 13.8. The highest BCUT2D eigenvalue weighted by Gasteiger charge is 2.20. The molecule has 2 aromatic heterocycles. The van der Waals surface area contributed by atoms with Crippen molar-refractivity contribution in [2.45, 2.75) is 25.9 Å². The van der Waals surface area contributed by atoms with Gasteiger partial charge in [0, 0.05) is 17.5 Å². The molecule has 2 aromatic carbocycles. The first kappa shape index (κ1) is 22.3. The number of carbonyl (C=O) groups excluding carboxylic acids is 1. The van der Waals surface area contributed by atoms with Crippen LogP contribution in [0.3, 0.4) is 0 Å². The highest BCUT2D eigenvalue weighted by Crippen LogP contribution is 2.33. The molecule has 0 saturated carbocycles. The summed E-state index contributed by atoms with van der Waals surface area (Å²) >= 11 is 2.75. The number of benzene rings is 2. The molecule has 7 heteroatoms. The van der Waals surface area contributed by atoms with Crippen molar-refractivity contribution in [3.05, 3.63) is 75.9 Å². The molecule has 0 unspecified atom stereocenters. The summed E-state index contributed by atoms with van der Waals surface area (Å²) in [5.41, 5.74) is 3.51. The van der Waals surface area contributed by atoms with Gasteiger partial charge in [-0.3, -0.25) is 14.2 Å². The Balaban J connectivity index is 1.83. The molecule has 164 valence electrons. The molecule has 0 radical (unpaired) electrons. The fourth-order valence-electron chi connectivity index (χ4n) is 3.43. The lowest BCUT2D eigenvalue weighted by molar-refractivity contribution is -0.118. The summed E-state index contributed by atoms with van der Waals surface area (Å²) in [6.07, 6.45) is 0. The van der Waals surface area contributed by atoms with Crippen molar-refractivity contribution in [1.82, 2.24) is 14.9 Å². The number of nitrogens with zero attached hydrogens (tertiary/aromatic N) is 2. The van der Waals surface area contributed by atoms with Gasteiger partial charge in [0.1, 0.15) is 4.83 Å². The molecule has 4 aromatic rings. The molecule has 4 rings (SSSR count). The predicted octanol–water partition coefficient (Wildman–Crippen LogP) is 5.29. The summed E-state index contributed by atoms with van der Waals surface area (Å²) in [6.45, 7) is 6.71. The van der Waals surface area contributed by atoms with E-state index in [2.05, 4.69) is 19.2 Å². The first-order valence-corrected chi connectivity index (χ1v) is 12.4. The van der Waals surface area contributed by atoms with Crippen molar-refractivity contribution in [3.8, 4) is 16.8 Å². The monoisotopic (exact) mass is 463 g/mol. The van der Waals surface area contributed by atoms with Gasteiger partial charge in [-0.05, 0) is 30.0 Å². The zero-order valence-electron chi connectivity index (χ0n) is 18.3. The van der Waals surface area contributed by atoms with E-state index in [9.17, 15) is 9.59 Å². The highest BCUT2D eigenvalue weighted by molar-refractivity contribution is 7.99. The Morgan fingerprint density at radius 3 is 2.56 bits per heavy atom. The van der Waals surface area contributed by atoms with Crippen molar-refractivity contribution in [3.63, 3.8) is 0 Å². The topological polar surface area (TPSA) is 64.0 Å². The van der Waals surface area contributed by atoms with Gasteiger partial charge in [0.25, 0.3) is 5.56 Å². The first-order valence-electron chi connectivity index (χ1n) is 10.5. The molecule has 0 bridgehead atoms. The third-order valence-corrected chi connectivity index (χ3v) is 6.87. The van der Waals surface area contributed by atoms with E-state index in [1.54, 1.807) is 4.57 Å². The van der Waals surface area contributed by atoms with E-state index in [4.69, 9.17) is 4.98 Å². The Morgan fingerprint density at radius 2 is 1.84 bits per heavy atom. The Morgan fingerprint density at radius 1 is 1.12 bits per heavy atom. The fourth-order valence-corrected chi connectivity index (χ4v) is 5.25. The number of aromatic nitrogens is 2. The molecule has 5 nitrogen and oxygen atoms in total. The third-order valence-electron chi connectivity index (χ3n) is 5.06. The van der Waals surface area contributed by atoms with E-state index >= 15 is 0 Å². The Labute approximate surface area is 195 Å². The summed E-state index contributed by atoms with van der Waals surface area (Å²) in [5.74, 6) is 0.518. The summed E-state index contributed by atoms with van der Waals surface area (Å²) < 4.78 is 1.65. The molecular weight excluding hydrogens is 438 g/mol. The van der Waals surface area contributed by atoms with Crippen LogP contribution in [0.4, 0.5) is 0 Å². The number of amides is 1. The zero-order chi connectivity index (χ0) is 22.7. The summed E-state index contributed by atoms with van der Waals surface area (Å²) in [5, 5.41) is 6.05. The lowest BCUT2D eigenvalue weighted by Crippen LogP contribution is -2.29. The second-order valence-corrected chi connectivity index (χ2v) is 9.80. The van der Waals surface area contributed by atoms with Crippen LogP contribution in [-0.4, -0.2) is 27.8 Å². The van der Waals surface area contributed by atoms with Crippen LogP contribution in [0, 0.1) is 12.8 Å². The number of thiophene rings is 1. The maximum absolute atomic E-state index is 13.8. The molecule has 0 aliphatic rings. The van der Waals surface area contributed by atoms with Crippen LogP contribution in [0.5, 0.6) is 0 Å². The van der Waals surface area contributed by atoms with Gasteiger partial charge in [0.05, 0.1) is 16.8 Å². The summed E-state index contributed by atoms with van der Waals surface area (Å²) in [7, 11) is 0. The second kappa shape index (κ2) is 9.71. The molecular formula is C25H25N3O2S2. The van der Waals surface area contributed by atoms with Gasteiger partial charge >= 0.3 is 0 Å². The normalized spacial score (nSPS) is 11.2. The number of hydrogen-bond donors (Lipinski definition) is 1. The minimum Gasteiger partial charge on any atom is -0.355 e. The predicted molar refractivity (Wildman–Crippen MR) is 134 cm³/mol. The Bertz CT molecular complexity index is 1310. The minimum atomic E-state index is -0.116. The maximum Gasteiger partial charge on any atom is 0.268 e. The minimum absolute atomic E-state index is 0.0643. The largest absolute Gasteiger partial charge is 0.355 e. The summed E-state index contributed by atoms with van der Waals surface area (Å²) in [4.78, 5) is 31.7. The Kier molecular flexibility index (Phi) is 6.77. The van der Waals surface area contributed by atoms with Crippen molar-refractivity contribution in [1.29, 1.82) is 0 Å². The molecule has 1 amide bonds. The first-order chi connectivity index (χ1) is 15.5. The van der Waals surface area contributed by atoms with E-state index in [0.717, 1.165) is 22.4 Å². The molecule has 0 aliphatic heterocycles. The van der Waals surface area contributed by atoms with Crippen LogP contribution in [0.2, 0.25) is 0 Å². The Hall–Kier alpha value is -2.90. The van der Waals surface area contributed by atoms with Gasteiger partial charge < -0.3 is 5.32 Å². The number of carbonyl (C=O) groups is 1. The van der Waals surface area contributed by atoms with Gasteiger partial charge in [-0.15, -0.1) is 11.3 Å². The van der Waals surface area contributed by atoms with Gasteiger partial charge in [-0.25, -0.2) is 4.98 Å².